The Labute approximate surface area is 133 Å². The third kappa shape index (κ3) is 2.23. The summed E-state index contributed by atoms with van der Waals surface area (Å²) in [6.45, 7) is 0. The van der Waals surface area contributed by atoms with Crippen LogP contribution in [0, 0.1) is 23.2 Å². The summed E-state index contributed by atoms with van der Waals surface area (Å²) in [6, 6.07) is 0. The summed E-state index contributed by atoms with van der Waals surface area (Å²) in [6.07, 6.45) is 13.1. The predicted octanol–water partition coefficient (Wildman–Crippen LogP) is 3.98. The molecule has 0 aromatic carbocycles. The van der Waals surface area contributed by atoms with Crippen molar-refractivity contribution in [2.24, 2.45) is 30.2 Å². The van der Waals surface area contributed by atoms with Gasteiger partial charge in [0, 0.05) is 12.5 Å². The second-order valence-electron chi connectivity index (χ2n) is 7.40. The molecule has 4 heteroatoms. The van der Waals surface area contributed by atoms with Crippen LogP contribution in [0.3, 0.4) is 0 Å². The molecule has 1 aromatic rings. The number of allylic oxidation sites excluding steroid dienone is 1. The number of hydrogen-bond acceptors (Lipinski definition) is 2. The molecule has 0 saturated heterocycles. The molecule has 4 bridgehead atoms. The second kappa shape index (κ2) is 4.80. The molecule has 1 heterocycles. The maximum absolute atomic E-state index is 12.9. The molecule has 1 aromatic heterocycles. The first kappa shape index (κ1) is 13.7. The van der Waals surface area contributed by atoms with Crippen LogP contribution in [0.5, 0.6) is 0 Å². The number of carbonyl (C=O) groups excluding carboxylic acids is 1. The smallest absolute Gasteiger partial charge is 0.161 e. The van der Waals surface area contributed by atoms with Crippen LogP contribution < -0.4 is 0 Å². The molecule has 0 unspecified atom stereocenters. The van der Waals surface area contributed by atoms with E-state index in [0.717, 1.165) is 47.2 Å². The van der Waals surface area contributed by atoms with Crippen molar-refractivity contribution in [3.05, 3.63) is 22.4 Å². The van der Waals surface area contributed by atoms with Gasteiger partial charge in [0.1, 0.15) is 0 Å². The third-order valence-electron chi connectivity index (χ3n) is 5.89. The normalized spacial score (nSPS) is 37.5. The van der Waals surface area contributed by atoms with Crippen LogP contribution >= 0.6 is 15.9 Å². The first-order valence-corrected chi connectivity index (χ1v) is 8.75. The van der Waals surface area contributed by atoms with Crippen molar-refractivity contribution in [2.75, 3.05) is 0 Å². The van der Waals surface area contributed by atoms with E-state index >= 15 is 0 Å². The number of aryl methyl sites for hydroxylation is 1. The van der Waals surface area contributed by atoms with E-state index in [9.17, 15) is 4.79 Å². The second-order valence-corrected chi connectivity index (χ2v) is 8.25. The largest absolute Gasteiger partial charge is 0.294 e. The van der Waals surface area contributed by atoms with Crippen molar-refractivity contribution in [3.63, 3.8) is 0 Å². The number of rotatable bonds is 3. The lowest BCUT2D eigenvalue weighted by Gasteiger charge is -2.55. The van der Waals surface area contributed by atoms with E-state index in [2.05, 4.69) is 21.0 Å². The van der Waals surface area contributed by atoms with Gasteiger partial charge < -0.3 is 0 Å². The molecule has 5 rings (SSSR count). The van der Waals surface area contributed by atoms with Gasteiger partial charge in [-0.25, -0.2) is 0 Å². The summed E-state index contributed by atoms with van der Waals surface area (Å²) in [4.78, 5) is 12.9. The monoisotopic (exact) mass is 348 g/mol. The Hall–Kier alpha value is -0.900. The fourth-order valence-corrected chi connectivity index (χ4v) is 5.83. The first-order chi connectivity index (χ1) is 10.1. The maximum Gasteiger partial charge on any atom is 0.161 e. The molecule has 4 aliphatic rings. The van der Waals surface area contributed by atoms with Gasteiger partial charge in [0.15, 0.2) is 5.78 Å². The quantitative estimate of drug-likeness (QED) is 0.774. The van der Waals surface area contributed by atoms with Gasteiger partial charge in [0.25, 0.3) is 0 Å². The summed E-state index contributed by atoms with van der Waals surface area (Å²) in [5, 5.41) is 4.19. The molecular weight excluding hydrogens is 328 g/mol. The van der Waals surface area contributed by atoms with E-state index in [-0.39, 0.29) is 5.41 Å². The van der Waals surface area contributed by atoms with Crippen LogP contribution in [0.4, 0.5) is 0 Å². The molecule has 4 aliphatic carbocycles. The van der Waals surface area contributed by atoms with Crippen molar-refractivity contribution in [1.82, 2.24) is 9.78 Å². The van der Waals surface area contributed by atoms with Gasteiger partial charge in [-0.1, -0.05) is 0 Å². The Morgan fingerprint density at radius 2 is 1.86 bits per heavy atom. The number of nitrogens with zero attached hydrogens (tertiary/aromatic N) is 2. The van der Waals surface area contributed by atoms with Crippen LogP contribution in [0.2, 0.25) is 0 Å². The summed E-state index contributed by atoms with van der Waals surface area (Å²) < 4.78 is 2.74. The van der Waals surface area contributed by atoms with E-state index in [1.165, 1.54) is 19.3 Å². The molecule has 0 spiro atoms. The van der Waals surface area contributed by atoms with E-state index in [4.69, 9.17) is 0 Å². The van der Waals surface area contributed by atoms with Gasteiger partial charge >= 0.3 is 0 Å². The highest BCUT2D eigenvalue weighted by atomic mass is 79.9. The van der Waals surface area contributed by atoms with Gasteiger partial charge in [-0.2, -0.15) is 5.10 Å². The minimum atomic E-state index is -0.0314. The van der Waals surface area contributed by atoms with Crippen LogP contribution in [-0.2, 0) is 11.8 Å². The number of carbonyl (C=O) groups is 1. The average Bonchev–Trinajstić information content (AvgIpc) is 2.74. The summed E-state index contributed by atoms with van der Waals surface area (Å²) >= 11 is 3.49. The van der Waals surface area contributed by atoms with Crippen molar-refractivity contribution >= 4 is 27.8 Å². The number of ketones is 1. The van der Waals surface area contributed by atoms with Crippen LogP contribution in [0.1, 0.15) is 44.2 Å². The van der Waals surface area contributed by atoms with Crippen molar-refractivity contribution in [1.29, 1.82) is 0 Å². The Morgan fingerprint density at radius 3 is 2.33 bits per heavy atom. The van der Waals surface area contributed by atoms with Crippen molar-refractivity contribution < 1.29 is 4.79 Å². The molecule has 112 valence electrons. The highest BCUT2D eigenvalue weighted by molar-refractivity contribution is 9.10. The minimum Gasteiger partial charge on any atom is -0.294 e. The number of aromatic nitrogens is 2. The summed E-state index contributed by atoms with van der Waals surface area (Å²) in [7, 11) is 1.90. The molecule has 0 N–H and O–H groups in total. The van der Waals surface area contributed by atoms with Crippen LogP contribution in [0.25, 0.3) is 6.08 Å². The van der Waals surface area contributed by atoms with Crippen molar-refractivity contribution in [2.45, 2.75) is 38.5 Å². The van der Waals surface area contributed by atoms with Gasteiger partial charge in [-0.3, -0.25) is 9.48 Å². The fourth-order valence-electron chi connectivity index (χ4n) is 5.35. The SMILES string of the molecule is Cn1ncc(Br)c1/C=C/C(=O)C12CC3CC(CC(C3)C1)C2. The number of halogens is 1. The van der Waals surface area contributed by atoms with E-state index in [0.29, 0.717) is 5.78 Å². The topological polar surface area (TPSA) is 34.9 Å². The molecular formula is C17H21BrN2O. The fraction of sp³-hybridized carbons (Fsp3) is 0.647. The lowest BCUT2D eigenvalue weighted by molar-refractivity contribution is -0.138. The molecule has 3 nitrogen and oxygen atoms in total. The molecule has 21 heavy (non-hydrogen) atoms. The molecule has 0 radical (unpaired) electrons. The highest BCUT2D eigenvalue weighted by Crippen LogP contribution is 2.60. The van der Waals surface area contributed by atoms with Crippen LogP contribution in [-0.4, -0.2) is 15.6 Å². The first-order valence-electron chi connectivity index (χ1n) is 7.96. The molecule has 4 fully saturated rings. The van der Waals surface area contributed by atoms with Crippen LogP contribution in [0.15, 0.2) is 16.7 Å². The van der Waals surface area contributed by atoms with E-state index in [1.54, 1.807) is 10.9 Å². The standard InChI is InChI=1S/C17H21BrN2O/c1-20-15(14(18)10-19-20)2-3-16(21)17-7-11-4-12(8-17)6-13(5-11)9-17/h2-3,10-13H,4-9H2,1H3/b3-2+. The zero-order valence-corrected chi connectivity index (χ0v) is 14.0. The zero-order chi connectivity index (χ0) is 14.6. The molecule has 0 atom stereocenters. The van der Waals surface area contributed by atoms with Gasteiger partial charge in [-0.05, 0) is 84.4 Å². The van der Waals surface area contributed by atoms with E-state index in [1.807, 2.05) is 19.2 Å². The lowest BCUT2D eigenvalue weighted by atomic mass is 9.48. The zero-order valence-electron chi connectivity index (χ0n) is 12.4. The Kier molecular flexibility index (Phi) is 3.14. The van der Waals surface area contributed by atoms with Gasteiger partial charge in [-0.15, -0.1) is 0 Å². The maximum atomic E-state index is 12.9. The molecule has 0 amide bonds. The Balaban J connectivity index is 1.58. The summed E-state index contributed by atoms with van der Waals surface area (Å²) in [5.74, 6) is 2.81. The van der Waals surface area contributed by atoms with Crippen molar-refractivity contribution in [3.8, 4) is 0 Å². The Bertz CT molecular complexity index is 562. The van der Waals surface area contributed by atoms with E-state index < -0.39 is 0 Å². The average molecular weight is 349 g/mol. The minimum absolute atomic E-state index is 0.0314. The molecule has 0 aliphatic heterocycles. The predicted molar refractivity (Wildman–Crippen MR) is 85.6 cm³/mol. The molecule has 4 saturated carbocycles. The number of hydrogen-bond donors (Lipinski definition) is 0. The lowest BCUT2D eigenvalue weighted by Crippen LogP contribution is -2.49. The third-order valence-corrected chi connectivity index (χ3v) is 6.50. The van der Waals surface area contributed by atoms with Gasteiger partial charge in [0.05, 0.1) is 16.4 Å². The summed E-state index contributed by atoms with van der Waals surface area (Å²) in [5.41, 5.74) is 0.934. The highest BCUT2D eigenvalue weighted by Gasteiger charge is 2.53. The van der Waals surface area contributed by atoms with Gasteiger partial charge in [0.2, 0.25) is 0 Å². The Morgan fingerprint density at radius 1 is 1.29 bits per heavy atom.